The fourth-order valence-corrected chi connectivity index (χ4v) is 4.61. The summed E-state index contributed by atoms with van der Waals surface area (Å²) < 4.78 is 27.4. The zero-order valence-corrected chi connectivity index (χ0v) is 18.0. The normalized spacial score (nSPS) is 18.4. The molecule has 0 unspecified atom stereocenters. The summed E-state index contributed by atoms with van der Waals surface area (Å²) in [5.74, 6) is -3.11. The number of fused-ring (bicyclic) bond motifs is 1. The SMILES string of the molecule is CC1(C)CC(=O)c2cc(C(=O)N3CCC(C(=O)c4cc(F)ccc4F)CC3)c(=O)[nH]c2C1. The predicted octanol–water partition coefficient (Wildman–Crippen LogP) is 3.54. The van der Waals surface area contributed by atoms with Gasteiger partial charge in [-0.3, -0.25) is 19.2 Å². The van der Waals surface area contributed by atoms with Crippen LogP contribution in [-0.2, 0) is 6.42 Å². The molecule has 0 atom stereocenters. The van der Waals surface area contributed by atoms with Crippen molar-refractivity contribution in [2.75, 3.05) is 13.1 Å². The first kappa shape index (κ1) is 22.0. The molecule has 1 N–H and O–H groups in total. The number of hydrogen-bond donors (Lipinski definition) is 1. The summed E-state index contributed by atoms with van der Waals surface area (Å²) >= 11 is 0. The number of nitrogens with one attached hydrogen (secondary N) is 1. The van der Waals surface area contributed by atoms with Gasteiger partial charge in [0, 0.05) is 36.7 Å². The van der Waals surface area contributed by atoms with E-state index in [1.807, 2.05) is 13.8 Å². The molecule has 32 heavy (non-hydrogen) atoms. The van der Waals surface area contributed by atoms with Crippen molar-refractivity contribution in [2.45, 2.75) is 39.5 Å². The van der Waals surface area contributed by atoms with Crippen molar-refractivity contribution in [1.29, 1.82) is 0 Å². The van der Waals surface area contributed by atoms with Crippen molar-refractivity contribution in [3.63, 3.8) is 0 Å². The lowest BCUT2D eigenvalue weighted by atomic mass is 9.75. The van der Waals surface area contributed by atoms with E-state index in [4.69, 9.17) is 0 Å². The zero-order chi connectivity index (χ0) is 23.2. The number of benzene rings is 1. The highest BCUT2D eigenvalue weighted by atomic mass is 19.1. The smallest absolute Gasteiger partial charge is 0.261 e. The van der Waals surface area contributed by atoms with Gasteiger partial charge in [0.25, 0.3) is 11.5 Å². The lowest BCUT2D eigenvalue weighted by molar-refractivity contribution is 0.0647. The fourth-order valence-electron chi connectivity index (χ4n) is 4.61. The van der Waals surface area contributed by atoms with Crippen LogP contribution in [0, 0.1) is 23.0 Å². The number of amides is 1. The van der Waals surface area contributed by atoms with Crippen molar-refractivity contribution in [2.24, 2.45) is 11.3 Å². The molecular formula is C24H24F2N2O4. The molecule has 2 aliphatic rings. The number of carbonyl (C=O) groups excluding carboxylic acids is 3. The van der Waals surface area contributed by atoms with Gasteiger partial charge in [0.05, 0.1) is 5.56 Å². The minimum Gasteiger partial charge on any atom is -0.338 e. The number of hydrogen-bond acceptors (Lipinski definition) is 4. The van der Waals surface area contributed by atoms with E-state index in [0.29, 0.717) is 24.1 Å². The molecule has 1 aliphatic carbocycles. The van der Waals surface area contributed by atoms with Gasteiger partial charge in [-0.25, -0.2) is 8.78 Å². The lowest BCUT2D eigenvalue weighted by Gasteiger charge is -2.32. The molecule has 1 amide bonds. The third kappa shape index (κ3) is 4.13. The largest absolute Gasteiger partial charge is 0.338 e. The van der Waals surface area contributed by atoms with Gasteiger partial charge in [-0.1, -0.05) is 13.8 Å². The van der Waals surface area contributed by atoms with Crippen LogP contribution in [0.3, 0.4) is 0 Å². The van der Waals surface area contributed by atoms with Crippen molar-refractivity contribution in [3.05, 3.63) is 68.6 Å². The maximum Gasteiger partial charge on any atom is 0.261 e. The van der Waals surface area contributed by atoms with Crippen LogP contribution >= 0.6 is 0 Å². The Morgan fingerprint density at radius 1 is 1.03 bits per heavy atom. The minimum atomic E-state index is -0.775. The van der Waals surface area contributed by atoms with E-state index in [9.17, 15) is 28.0 Å². The first-order valence-electron chi connectivity index (χ1n) is 10.6. The third-order valence-electron chi connectivity index (χ3n) is 6.29. The number of aromatic amines is 1. The molecule has 0 spiro atoms. The Balaban J connectivity index is 1.49. The second kappa shape index (κ2) is 8.07. The highest BCUT2D eigenvalue weighted by molar-refractivity contribution is 6.02. The number of aromatic nitrogens is 1. The average Bonchev–Trinajstić information content (AvgIpc) is 2.73. The van der Waals surface area contributed by atoms with Crippen LogP contribution in [0.4, 0.5) is 8.78 Å². The summed E-state index contributed by atoms with van der Waals surface area (Å²) in [6, 6.07) is 4.15. The molecule has 0 bridgehead atoms. The van der Waals surface area contributed by atoms with Crippen LogP contribution in [0.15, 0.2) is 29.1 Å². The second-order valence-corrected chi connectivity index (χ2v) is 9.40. The van der Waals surface area contributed by atoms with Gasteiger partial charge in [0.1, 0.15) is 17.2 Å². The highest BCUT2D eigenvalue weighted by Gasteiger charge is 2.34. The van der Waals surface area contributed by atoms with Gasteiger partial charge in [-0.2, -0.15) is 0 Å². The van der Waals surface area contributed by atoms with Crippen molar-refractivity contribution < 1.29 is 23.2 Å². The maximum absolute atomic E-state index is 13.9. The van der Waals surface area contributed by atoms with Crippen LogP contribution in [0.2, 0.25) is 0 Å². The monoisotopic (exact) mass is 442 g/mol. The molecule has 6 nitrogen and oxygen atoms in total. The number of pyridine rings is 1. The van der Waals surface area contributed by atoms with E-state index in [0.717, 1.165) is 18.2 Å². The summed E-state index contributed by atoms with van der Waals surface area (Å²) in [4.78, 5) is 54.9. The molecule has 8 heteroatoms. The average molecular weight is 442 g/mol. The van der Waals surface area contributed by atoms with Crippen LogP contribution in [0.5, 0.6) is 0 Å². The number of Topliss-reactive ketones (excluding diaryl/α,β-unsaturated/α-hetero) is 2. The minimum absolute atomic E-state index is 0.0993. The number of likely N-dealkylation sites (tertiary alicyclic amines) is 1. The van der Waals surface area contributed by atoms with E-state index in [1.165, 1.54) is 11.0 Å². The van der Waals surface area contributed by atoms with Gasteiger partial charge in [0.2, 0.25) is 0 Å². The Labute approximate surface area is 183 Å². The molecule has 4 rings (SSSR count). The number of rotatable bonds is 3. The molecule has 0 radical (unpaired) electrons. The van der Waals surface area contributed by atoms with Crippen LogP contribution in [0.25, 0.3) is 0 Å². The van der Waals surface area contributed by atoms with Crippen molar-refractivity contribution >= 4 is 17.5 Å². The van der Waals surface area contributed by atoms with Gasteiger partial charge in [-0.15, -0.1) is 0 Å². The molecule has 1 saturated heterocycles. The number of halogens is 2. The van der Waals surface area contributed by atoms with E-state index >= 15 is 0 Å². The van der Waals surface area contributed by atoms with Gasteiger partial charge < -0.3 is 9.88 Å². The molecule has 2 heterocycles. The van der Waals surface area contributed by atoms with Gasteiger partial charge >= 0.3 is 0 Å². The summed E-state index contributed by atoms with van der Waals surface area (Å²) in [5.41, 5.74) is -0.263. The molecule has 1 fully saturated rings. The lowest BCUT2D eigenvalue weighted by Crippen LogP contribution is -2.42. The van der Waals surface area contributed by atoms with Gasteiger partial charge in [-0.05, 0) is 48.9 Å². The Kier molecular flexibility index (Phi) is 5.56. The Morgan fingerprint density at radius 3 is 2.41 bits per heavy atom. The predicted molar refractivity (Wildman–Crippen MR) is 113 cm³/mol. The van der Waals surface area contributed by atoms with E-state index < -0.39 is 34.8 Å². The van der Waals surface area contributed by atoms with E-state index in [1.54, 1.807) is 0 Å². The molecule has 168 valence electrons. The fraction of sp³-hybridized carbons (Fsp3) is 0.417. The Morgan fingerprint density at radius 2 is 1.72 bits per heavy atom. The summed E-state index contributed by atoms with van der Waals surface area (Å²) in [6.45, 7) is 4.30. The molecule has 1 aliphatic heterocycles. The van der Waals surface area contributed by atoms with E-state index in [2.05, 4.69) is 4.98 Å². The van der Waals surface area contributed by atoms with E-state index in [-0.39, 0.29) is 48.3 Å². The van der Waals surface area contributed by atoms with Crippen LogP contribution in [-0.4, -0.2) is 40.4 Å². The first-order chi connectivity index (χ1) is 15.1. The summed E-state index contributed by atoms with van der Waals surface area (Å²) in [5, 5.41) is 0. The standard InChI is InChI=1S/C24H24F2N2O4/c1-24(2)11-19-16(20(29)12-24)10-17(22(31)27-19)23(32)28-7-5-13(6-8-28)21(30)15-9-14(25)3-4-18(15)26/h3-4,9-10,13H,5-8,11-12H2,1-2H3,(H,27,31). The van der Waals surface area contributed by atoms with Gasteiger partial charge in [0.15, 0.2) is 11.6 Å². The van der Waals surface area contributed by atoms with Crippen LogP contribution < -0.4 is 5.56 Å². The summed E-state index contributed by atoms with van der Waals surface area (Å²) in [7, 11) is 0. The first-order valence-corrected chi connectivity index (χ1v) is 10.6. The number of carbonyl (C=O) groups is 3. The Hall–Kier alpha value is -3.16. The number of piperidine rings is 1. The zero-order valence-electron chi connectivity index (χ0n) is 18.0. The molecule has 1 aromatic carbocycles. The van der Waals surface area contributed by atoms with Crippen LogP contribution in [0.1, 0.15) is 69.9 Å². The highest BCUT2D eigenvalue weighted by Crippen LogP contribution is 2.33. The maximum atomic E-state index is 13.9. The third-order valence-corrected chi connectivity index (χ3v) is 6.29. The number of nitrogens with zero attached hydrogens (tertiary/aromatic N) is 1. The molecule has 2 aromatic rings. The number of ketones is 2. The molecule has 1 aromatic heterocycles. The Bertz CT molecular complexity index is 1180. The van der Waals surface area contributed by atoms with Crippen molar-refractivity contribution in [1.82, 2.24) is 9.88 Å². The summed E-state index contributed by atoms with van der Waals surface area (Å²) in [6.07, 6.45) is 1.43. The van der Waals surface area contributed by atoms with Crippen molar-refractivity contribution in [3.8, 4) is 0 Å². The molecule has 0 saturated carbocycles. The quantitative estimate of drug-likeness (QED) is 0.737. The second-order valence-electron chi connectivity index (χ2n) is 9.40. The number of H-pyrrole nitrogens is 1. The molecular weight excluding hydrogens is 418 g/mol. The topological polar surface area (TPSA) is 87.3 Å².